The lowest BCUT2D eigenvalue weighted by Crippen LogP contribution is -2.33. The Morgan fingerprint density at radius 1 is 1.38 bits per heavy atom. The van der Waals surface area contributed by atoms with Gasteiger partial charge < -0.3 is 5.11 Å². The van der Waals surface area contributed by atoms with Crippen LogP contribution in [0.3, 0.4) is 0 Å². The highest BCUT2D eigenvalue weighted by Crippen LogP contribution is 2.25. The Morgan fingerprint density at radius 3 is 2.38 bits per heavy atom. The molecule has 0 aliphatic rings. The van der Waals surface area contributed by atoms with E-state index in [0.717, 1.165) is 0 Å². The van der Waals surface area contributed by atoms with Crippen molar-refractivity contribution in [2.24, 2.45) is 5.14 Å². The fraction of sp³-hybridized carbons (Fsp3) is 0.400. The summed E-state index contributed by atoms with van der Waals surface area (Å²) >= 11 is 0. The number of hydrogen-bond acceptors (Lipinski definition) is 4. The van der Waals surface area contributed by atoms with Gasteiger partial charge in [0.05, 0.1) is 0 Å². The van der Waals surface area contributed by atoms with Crippen molar-refractivity contribution in [3.05, 3.63) is 35.9 Å². The molecule has 16 heavy (non-hydrogen) atoms. The van der Waals surface area contributed by atoms with Gasteiger partial charge in [-0.25, -0.2) is 5.14 Å². The predicted molar refractivity (Wildman–Crippen MR) is 59.7 cm³/mol. The van der Waals surface area contributed by atoms with E-state index >= 15 is 0 Å². The zero-order chi connectivity index (χ0) is 12.2. The van der Waals surface area contributed by atoms with Crippen molar-refractivity contribution in [2.75, 3.05) is 6.61 Å². The van der Waals surface area contributed by atoms with Crippen LogP contribution in [-0.4, -0.2) is 20.1 Å². The van der Waals surface area contributed by atoms with Gasteiger partial charge in [0.25, 0.3) is 0 Å². The smallest absolute Gasteiger partial charge is 0.333 e. The number of hydrogen-bond donors (Lipinski definition) is 2. The Balaban J connectivity index is 2.87. The van der Waals surface area contributed by atoms with Crippen LogP contribution in [-0.2, 0) is 20.1 Å². The molecule has 3 N–H and O–H groups in total. The summed E-state index contributed by atoms with van der Waals surface area (Å²) in [6.45, 7) is 1.35. The van der Waals surface area contributed by atoms with Gasteiger partial charge in [0, 0.05) is 0 Å². The minimum atomic E-state index is -4.04. The van der Waals surface area contributed by atoms with Crippen LogP contribution in [0.4, 0.5) is 0 Å². The fourth-order valence-corrected chi connectivity index (χ4v) is 1.68. The summed E-state index contributed by atoms with van der Waals surface area (Å²) in [5.74, 6) is 0. The van der Waals surface area contributed by atoms with E-state index in [1.54, 1.807) is 37.3 Å². The normalized spacial score (nSPS) is 15.7. The van der Waals surface area contributed by atoms with Crippen molar-refractivity contribution < 1.29 is 17.7 Å². The second kappa shape index (κ2) is 4.92. The first kappa shape index (κ1) is 13.1. The largest absolute Gasteiger partial charge is 0.383 e. The number of rotatable bonds is 5. The molecule has 90 valence electrons. The Hall–Kier alpha value is -0.950. The first-order valence-corrected chi connectivity index (χ1v) is 6.29. The molecule has 1 aromatic rings. The van der Waals surface area contributed by atoms with Crippen molar-refractivity contribution in [2.45, 2.75) is 18.9 Å². The zero-order valence-electron chi connectivity index (χ0n) is 8.96. The Morgan fingerprint density at radius 2 is 1.94 bits per heavy atom. The molecule has 1 atom stereocenters. The van der Waals surface area contributed by atoms with Gasteiger partial charge in [0.1, 0.15) is 12.2 Å². The summed E-state index contributed by atoms with van der Waals surface area (Å²) in [4.78, 5) is 0. The minimum absolute atomic E-state index is 0.326. The molecule has 6 heteroatoms. The van der Waals surface area contributed by atoms with Crippen LogP contribution in [0.1, 0.15) is 18.9 Å². The molecule has 0 spiro atoms. The van der Waals surface area contributed by atoms with Crippen molar-refractivity contribution in [3.8, 4) is 0 Å². The summed E-state index contributed by atoms with van der Waals surface area (Å²) in [6.07, 6.45) is 0.326. The lowest BCUT2D eigenvalue weighted by atomic mass is 9.92. The lowest BCUT2D eigenvalue weighted by Gasteiger charge is -2.26. The lowest BCUT2D eigenvalue weighted by molar-refractivity contribution is -0.0110. The maximum Gasteiger partial charge on any atom is 0.333 e. The van der Waals surface area contributed by atoms with E-state index in [-0.39, 0.29) is 6.61 Å². The van der Waals surface area contributed by atoms with Crippen LogP contribution in [0.2, 0.25) is 0 Å². The molecule has 0 saturated carbocycles. The van der Waals surface area contributed by atoms with E-state index in [1.165, 1.54) is 0 Å². The third kappa shape index (κ3) is 3.57. The van der Waals surface area contributed by atoms with Gasteiger partial charge in [0.2, 0.25) is 0 Å². The zero-order valence-corrected chi connectivity index (χ0v) is 9.78. The first-order chi connectivity index (χ1) is 7.37. The highest BCUT2D eigenvalue weighted by atomic mass is 32.2. The maximum atomic E-state index is 10.7. The number of nitrogens with two attached hydrogens (primary N) is 1. The molecule has 0 bridgehead atoms. The van der Waals surface area contributed by atoms with E-state index in [1.807, 2.05) is 0 Å². The standard InChI is InChI=1S/C10H15NO4S/c1-2-10(12,8-15-16(11,13)14)9-6-4-3-5-7-9/h3-7,12H,2,8H2,1H3,(H2,11,13,14). The Kier molecular flexibility index (Phi) is 4.03. The van der Waals surface area contributed by atoms with E-state index in [0.29, 0.717) is 12.0 Å². The molecule has 1 unspecified atom stereocenters. The topological polar surface area (TPSA) is 89.6 Å². The molecule has 0 fully saturated rings. The van der Waals surface area contributed by atoms with Crippen LogP contribution in [0.15, 0.2) is 30.3 Å². The molecular weight excluding hydrogens is 230 g/mol. The molecule has 0 aliphatic heterocycles. The quantitative estimate of drug-likeness (QED) is 0.790. The molecule has 0 heterocycles. The summed E-state index contributed by atoms with van der Waals surface area (Å²) in [5, 5.41) is 14.9. The third-order valence-corrected chi connectivity index (χ3v) is 2.80. The van der Waals surface area contributed by atoms with Crippen LogP contribution in [0.25, 0.3) is 0 Å². The van der Waals surface area contributed by atoms with Gasteiger partial charge in [-0.1, -0.05) is 37.3 Å². The summed E-state index contributed by atoms with van der Waals surface area (Å²) in [6, 6.07) is 8.73. The summed E-state index contributed by atoms with van der Waals surface area (Å²) in [5.41, 5.74) is -0.741. The van der Waals surface area contributed by atoms with Gasteiger partial charge in [-0.15, -0.1) is 0 Å². The second-order valence-corrected chi connectivity index (χ2v) is 4.73. The average molecular weight is 245 g/mol. The van der Waals surface area contributed by atoms with Crippen molar-refractivity contribution >= 4 is 10.3 Å². The van der Waals surface area contributed by atoms with Gasteiger partial charge in [-0.3, -0.25) is 4.18 Å². The molecule has 0 aromatic heterocycles. The molecule has 0 saturated heterocycles. The maximum absolute atomic E-state index is 10.7. The van der Waals surface area contributed by atoms with Crippen LogP contribution in [0.5, 0.6) is 0 Å². The van der Waals surface area contributed by atoms with Crippen LogP contribution in [0, 0.1) is 0 Å². The van der Waals surface area contributed by atoms with Gasteiger partial charge in [-0.2, -0.15) is 8.42 Å². The summed E-state index contributed by atoms with van der Waals surface area (Å²) in [7, 11) is -4.04. The van der Waals surface area contributed by atoms with Crippen LogP contribution < -0.4 is 5.14 Å². The summed E-state index contributed by atoms with van der Waals surface area (Å²) < 4.78 is 25.8. The molecule has 1 rings (SSSR count). The molecular formula is C10H15NO4S. The van der Waals surface area contributed by atoms with Crippen molar-refractivity contribution in [1.82, 2.24) is 0 Å². The van der Waals surface area contributed by atoms with Crippen molar-refractivity contribution in [1.29, 1.82) is 0 Å². The molecule has 0 aliphatic carbocycles. The van der Waals surface area contributed by atoms with E-state index in [2.05, 4.69) is 4.18 Å². The highest BCUT2D eigenvalue weighted by Gasteiger charge is 2.29. The monoisotopic (exact) mass is 245 g/mol. The van der Waals surface area contributed by atoms with E-state index < -0.39 is 15.9 Å². The Labute approximate surface area is 95.1 Å². The predicted octanol–water partition coefficient (Wildman–Crippen LogP) is 0.504. The molecule has 1 aromatic carbocycles. The van der Waals surface area contributed by atoms with Crippen LogP contribution >= 0.6 is 0 Å². The highest BCUT2D eigenvalue weighted by molar-refractivity contribution is 7.84. The molecule has 0 amide bonds. The Bertz CT molecular complexity index is 431. The van der Waals surface area contributed by atoms with E-state index in [9.17, 15) is 13.5 Å². The molecule has 5 nitrogen and oxygen atoms in total. The molecule has 0 radical (unpaired) electrons. The SMILES string of the molecule is CCC(O)(COS(N)(=O)=O)c1ccccc1. The van der Waals surface area contributed by atoms with Gasteiger partial charge in [-0.05, 0) is 12.0 Å². The van der Waals surface area contributed by atoms with Crippen molar-refractivity contribution in [3.63, 3.8) is 0 Å². The van der Waals surface area contributed by atoms with Gasteiger partial charge in [0.15, 0.2) is 0 Å². The third-order valence-electron chi connectivity index (χ3n) is 2.36. The average Bonchev–Trinajstić information content (AvgIpc) is 2.26. The number of benzene rings is 1. The minimum Gasteiger partial charge on any atom is -0.383 e. The fourth-order valence-electron chi connectivity index (χ4n) is 1.32. The first-order valence-electron chi connectivity index (χ1n) is 4.82. The van der Waals surface area contributed by atoms with E-state index in [4.69, 9.17) is 5.14 Å². The second-order valence-electron chi connectivity index (χ2n) is 3.51. The number of aliphatic hydroxyl groups is 1. The van der Waals surface area contributed by atoms with Gasteiger partial charge >= 0.3 is 10.3 Å².